The largest absolute Gasteiger partial charge is 0.494 e. The van der Waals surface area contributed by atoms with Crippen LogP contribution in [0, 0.1) is 6.92 Å². The van der Waals surface area contributed by atoms with Gasteiger partial charge in [-0.2, -0.15) is 0 Å². The molecule has 0 amide bonds. The summed E-state index contributed by atoms with van der Waals surface area (Å²) in [6, 6.07) is 14.2. The second-order valence-corrected chi connectivity index (χ2v) is 6.72. The van der Waals surface area contributed by atoms with Crippen LogP contribution < -0.4 is 10.1 Å². The van der Waals surface area contributed by atoms with Crippen LogP contribution in [0.3, 0.4) is 0 Å². The molecular formula is C22H26N2O3. The Morgan fingerprint density at radius 3 is 2.59 bits per heavy atom. The monoisotopic (exact) mass is 366 g/mol. The molecule has 142 valence electrons. The van der Waals surface area contributed by atoms with Crippen LogP contribution in [-0.2, 0) is 20.0 Å². The van der Waals surface area contributed by atoms with Crippen molar-refractivity contribution in [3.8, 4) is 5.75 Å². The summed E-state index contributed by atoms with van der Waals surface area (Å²) in [6.45, 7) is 5.95. The van der Waals surface area contributed by atoms with E-state index in [0.717, 1.165) is 40.7 Å². The van der Waals surface area contributed by atoms with Crippen molar-refractivity contribution in [1.82, 2.24) is 9.88 Å². The van der Waals surface area contributed by atoms with E-state index in [9.17, 15) is 9.90 Å². The zero-order valence-electron chi connectivity index (χ0n) is 16.1. The van der Waals surface area contributed by atoms with Gasteiger partial charge in [0.05, 0.1) is 6.61 Å². The fourth-order valence-corrected chi connectivity index (χ4v) is 3.44. The minimum absolute atomic E-state index is 0.351. The van der Waals surface area contributed by atoms with Gasteiger partial charge in [-0.3, -0.25) is 0 Å². The van der Waals surface area contributed by atoms with Gasteiger partial charge >= 0.3 is 5.97 Å². The first-order chi connectivity index (χ1) is 13.0. The molecule has 0 atom stereocenters. The van der Waals surface area contributed by atoms with E-state index in [4.69, 9.17) is 4.74 Å². The number of nitrogens with one attached hydrogen (secondary N) is 1. The van der Waals surface area contributed by atoms with Crippen LogP contribution in [-0.4, -0.2) is 28.8 Å². The number of rotatable bonds is 8. The summed E-state index contributed by atoms with van der Waals surface area (Å²) in [5.74, 6) is -0.0129. The molecule has 0 radical (unpaired) electrons. The molecule has 3 aromatic rings. The first kappa shape index (κ1) is 19.0. The van der Waals surface area contributed by atoms with E-state index in [1.54, 1.807) is 4.57 Å². The number of hydrogen-bond acceptors (Lipinski definition) is 3. The maximum absolute atomic E-state index is 11.8. The van der Waals surface area contributed by atoms with Gasteiger partial charge in [0.2, 0.25) is 0 Å². The number of carbonyl (C=O) groups is 1. The molecule has 1 heterocycles. The van der Waals surface area contributed by atoms with Crippen molar-refractivity contribution < 1.29 is 14.6 Å². The maximum atomic E-state index is 11.8. The van der Waals surface area contributed by atoms with E-state index in [0.29, 0.717) is 18.8 Å². The van der Waals surface area contributed by atoms with Crippen LogP contribution in [0.4, 0.5) is 0 Å². The Morgan fingerprint density at radius 2 is 1.93 bits per heavy atom. The Morgan fingerprint density at radius 1 is 1.19 bits per heavy atom. The van der Waals surface area contributed by atoms with Crippen molar-refractivity contribution in [2.75, 3.05) is 13.2 Å². The average Bonchev–Trinajstić information content (AvgIpc) is 2.92. The molecule has 0 bridgehead atoms. The highest BCUT2D eigenvalue weighted by molar-refractivity contribution is 5.98. The van der Waals surface area contributed by atoms with Crippen molar-refractivity contribution in [3.63, 3.8) is 0 Å². The van der Waals surface area contributed by atoms with Gasteiger partial charge in [0.15, 0.2) is 0 Å². The van der Waals surface area contributed by atoms with Crippen LogP contribution in [0.2, 0.25) is 0 Å². The molecule has 5 nitrogen and oxygen atoms in total. The Balaban J connectivity index is 1.69. The summed E-state index contributed by atoms with van der Waals surface area (Å²) in [5, 5.41) is 14.1. The number of aromatic carboxylic acids is 1. The minimum Gasteiger partial charge on any atom is -0.494 e. The molecule has 0 saturated heterocycles. The summed E-state index contributed by atoms with van der Waals surface area (Å²) < 4.78 is 7.23. The SMILES string of the molecule is CCOc1ccc(CCNCc2c(C(=O)O)n(C)c3cc(C)ccc23)cc1. The van der Waals surface area contributed by atoms with E-state index in [2.05, 4.69) is 17.4 Å². The van der Waals surface area contributed by atoms with E-state index in [1.807, 2.05) is 51.2 Å². The number of fused-ring (bicyclic) bond motifs is 1. The Bertz CT molecular complexity index is 942. The molecule has 0 aliphatic heterocycles. The molecule has 1 aromatic heterocycles. The van der Waals surface area contributed by atoms with Crippen LogP contribution in [0.1, 0.15) is 34.1 Å². The fourth-order valence-electron chi connectivity index (χ4n) is 3.44. The van der Waals surface area contributed by atoms with Crippen molar-refractivity contribution in [2.45, 2.75) is 26.8 Å². The molecule has 2 aromatic carbocycles. The van der Waals surface area contributed by atoms with E-state index >= 15 is 0 Å². The minimum atomic E-state index is -0.894. The Kier molecular flexibility index (Phi) is 5.81. The summed E-state index contributed by atoms with van der Waals surface area (Å²) in [5.41, 5.74) is 4.49. The summed E-state index contributed by atoms with van der Waals surface area (Å²) in [7, 11) is 1.81. The van der Waals surface area contributed by atoms with Crippen LogP contribution in [0.5, 0.6) is 5.75 Å². The predicted octanol–water partition coefficient (Wildman–Crippen LogP) is 3.92. The molecule has 0 unspecified atom stereocenters. The highest BCUT2D eigenvalue weighted by atomic mass is 16.5. The zero-order chi connectivity index (χ0) is 19.4. The number of carboxylic acids is 1. The summed E-state index contributed by atoms with van der Waals surface area (Å²) in [4.78, 5) is 11.8. The number of aromatic nitrogens is 1. The van der Waals surface area contributed by atoms with Gasteiger partial charge in [-0.05, 0) is 56.1 Å². The molecule has 0 aliphatic rings. The van der Waals surface area contributed by atoms with Crippen molar-refractivity contribution >= 4 is 16.9 Å². The molecule has 0 aliphatic carbocycles. The smallest absolute Gasteiger partial charge is 0.352 e. The van der Waals surface area contributed by atoms with Gasteiger partial charge in [-0.1, -0.05) is 24.3 Å². The van der Waals surface area contributed by atoms with Gasteiger partial charge < -0.3 is 19.7 Å². The van der Waals surface area contributed by atoms with Gasteiger partial charge in [-0.15, -0.1) is 0 Å². The first-order valence-corrected chi connectivity index (χ1v) is 9.25. The van der Waals surface area contributed by atoms with Crippen molar-refractivity contribution in [2.24, 2.45) is 7.05 Å². The number of nitrogens with zero attached hydrogens (tertiary/aromatic N) is 1. The van der Waals surface area contributed by atoms with Gasteiger partial charge in [0, 0.05) is 30.1 Å². The highest BCUT2D eigenvalue weighted by Crippen LogP contribution is 2.26. The van der Waals surface area contributed by atoms with Crippen molar-refractivity contribution in [3.05, 3.63) is 64.8 Å². The number of aryl methyl sites for hydroxylation is 2. The lowest BCUT2D eigenvalue weighted by atomic mass is 10.1. The van der Waals surface area contributed by atoms with Crippen LogP contribution >= 0.6 is 0 Å². The molecule has 0 saturated carbocycles. The van der Waals surface area contributed by atoms with Crippen LogP contribution in [0.15, 0.2) is 42.5 Å². The Hall–Kier alpha value is -2.79. The molecule has 3 rings (SSSR count). The van der Waals surface area contributed by atoms with Gasteiger partial charge in [0.25, 0.3) is 0 Å². The quantitative estimate of drug-likeness (QED) is 0.593. The molecule has 0 spiro atoms. The second-order valence-electron chi connectivity index (χ2n) is 6.72. The van der Waals surface area contributed by atoms with E-state index in [-0.39, 0.29) is 0 Å². The third-order valence-electron chi connectivity index (χ3n) is 4.79. The first-order valence-electron chi connectivity index (χ1n) is 9.25. The number of benzene rings is 2. The van der Waals surface area contributed by atoms with E-state index in [1.165, 1.54) is 5.56 Å². The molecule has 2 N–H and O–H groups in total. The molecule has 5 heteroatoms. The standard InChI is InChI=1S/C22H26N2O3/c1-4-27-17-8-6-16(7-9-17)11-12-23-14-19-18-10-5-15(2)13-20(18)24(3)21(19)22(25)26/h5-10,13,23H,4,11-12,14H2,1-3H3,(H,25,26). The molecule has 27 heavy (non-hydrogen) atoms. The zero-order valence-corrected chi connectivity index (χ0v) is 16.1. The lowest BCUT2D eigenvalue weighted by molar-refractivity contribution is 0.0685. The van der Waals surface area contributed by atoms with E-state index < -0.39 is 5.97 Å². The lowest BCUT2D eigenvalue weighted by Gasteiger charge is -2.08. The third-order valence-corrected chi connectivity index (χ3v) is 4.79. The predicted molar refractivity (Wildman–Crippen MR) is 108 cm³/mol. The number of carboxylic acid groups (broad SMARTS) is 1. The Labute approximate surface area is 159 Å². The average molecular weight is 366 g/mol. The fraction of sp³-hybridized carbons (Fsp3) is 0.318. The number of ether oxygens (including phenoxy) is 1. The molecular weight excluding hydrogens is 340 g/mol. The third kappa shape index (κ3) is 4.14. The van der Waals surface area contributed by atoms with Gasteiger partial charge in [0.1, 0.15) is 11.4 Å². The summed E-state index contributed by atoms with van der Waals surface area (Å²) >= 11 is 0. The highest BCUT2D eigenvalue weighted by Gasteiger charge is 2.20. The maximum Gasteiger partial charge on any atom is 0.352 e. The second kappa shape index (κ2) is 8.27. The topological polar surface area (TPSA) is 63.5 Å². The number of hydrogen-bond donors (Lipinski definition) is 2. The lowest BCUT2D eigenvalue weighted by Crippen LogP contribution is -2.19. The van der Waals surface area contributed by atoms with Crippen LogP contribution in [0.25, 0.3) is 10.9 Å². The summed E-state index contributed by atoms with van der Waals surface area (Å²) in [6.07, 6.45) is 0.874. The van der Waals surface area contributed by atoms with Gasteiger partial charge in [-0.25, -0.2) is 4.79 Å². The molecule has 0 fully saturated rings. The normalized spacial score (nSPS) is 11.1. The van der Waals surface area contributed by atoms with Crippen molar-refractivity contribution in [1.29, 1.82) is 0 Å².